The van der Waals surface area contributed by atoms with Crippen LogP contribution >= 0.6 is 0 Å². The Bertz CT molecular complexity index is 688. The molecular weight excluding hydrogens is 340 g/mol. The monoisotopic (exact) mass is 370 g/mol. The number of carbonyl (C=O) groups excluding carboxylic acids is 2. The fourth-order valence-electron chi connectivity index (χ4n) is 5.72. The minimum absolute atomic E-state index is 0.112. The number of benzene rings is 1. The van der Waals surface area contributed by atoms with Gasteiger partial charge in [-0.1, -0.05) is 12.1 Å². The molecule has 4 aliphatic rings. The quantitative estimate of drug-likeness (QED) is 0.865. The maximum absolute atomic E-state index is 13.3. The first-order chi connectivity index (χ1) is 13.0. The number of nitrogens with zero attached hydrogens (tertiary/aromatic N) is 1. The van der Waals surface area contributed by atoms with Crippen molar-refractivity contribution in [2.45, 2.75) is 57.5 Å². The molecule has 27 heavy (non-hydrogen) atoms. The second-order valence-corrected chi connectivity index (χ2v) is 8.71. The smallest absolute Gasteiger partial charge is 0.225 e. The van der Waals surface area contributed by atoms with Crippen LogP contribution in [0.1, 0.15) is 57.1 Å². The first-order valence-corrected chi connectivity index (χ1v) is 10.2. The molecule has 2 saturated carbocycles. The summed E-state index contributed by atoms with van der Waals surface area (Å²) in [5.41, 5.74) is 0.944. The number of hydrogen-bond donors (Lipinski definition) is 1. The Kier molecular flexibility index (Phi) is 5.11. The Morgan fingerprint density at radius 2 is 1.70 bits per heavy atom. The highest BCUT2D eigenvalue weighted by Crippen LogP contribution is 2.47. The standard InChI is InChI=1S/C22H30N2O3/c1-14(25)23-21(18-3-5-20(27-2)6-4-18)12-22(26)24-13-17-8-15-7-16(9-17)11-19(24)10-15/h3-6,15-17,19,21H,7-13H2,1-2H3,(H,23,25). The van der Waals surface area contributed by atoms with Gasteiger partial charge >= 0.3 is 0 Å². The largest absolute Gasteiger partial charge is 0.497 e. The summed E-state index contributed by atoms with van der Waals surface area (Å²) in [6.07, 6.45) is 6.63. The zero-order valence-corrected chi connectivity index (χ0v) is 16.3. The summed E-state index contributed by atoms with van der Waals surface area (Å²) in [6, 6.07) is 7.73. The van der Waals surface area contributed by atoms with Crippen molar-refractivity contribution in [2.24, 2.45) is 17.8 Å². The van der Waals surface area contributed by atoms with Gasteiger partial charge in [0.05, 0.1) is 19.6 Å². The number of nitrogens with one attached hydrogen (secondary N) is 1. The van der Waals surface area contributed by atoms with E-state index in [1.807, 2.05) is 24.3 Å². The minimum Gasteiger partial charge on any atom is -0.497 e. The van der Waals surface area contributed by atoms with Crippen molar-refractivity contribution in [3.63, 3.8) is 0 Å². The number of amides is 2. The van der Waals surface area contributed by atoms with Crippen molar-refractivity contribution in [1.82, 2.24) is 10.2 Å². The average molecular weight is 370 g/mol. The number of methoxy groups -OCH3 is 1. The van der Waals surface area contributed by atoms with E-state index in [9.17, 15) is 9.59 Å². The molecule has 4 fully saturated rings. The molecule has 1 aromatic rings. The molecule has 2 amide bonds. The maximum atomic E-state index is 13.3. The van der Waals surface area contributed by atoms with Gasteiger partial charge in [0.15, 0.2) is 0 Å². The van der Waals surface area contributed by atoms with Crippen molar-refractivity contribution in [3.05, 3.63) is 29.8 Å². The summed E-state index contributed by atoms with van der Waals surface area (Å²) in [5.74, 6) is 3.15. The molecule has 5 heteroatoms. The molecule has 3 atom stereocenters. The third kappa shape index (κ3) is 3.97. The lowest BCUT2D eigenvalue weighted by Gasteiger charge is -2.39. The Morgan fingerprint density at radius 3 is 2.30 bits per heavy atom. The third-order valence-electron chi connectivity index (χ3n) is 6.70. The molecule has 1 N–H and O–H groups in total. The molecule has 0 aromatic heterocycles. The van der Waals surface area contributed by atoms with Gasteiger partial charge in [0, 0.05) is 19.5 Å². The van der Waals surface area contributed by atoms with Crippen LogP contribution < -0.4 is 10.1 Å². The number of carbonyl (C=O) groups is 2. The fraction of sp³-hybridized carbons (Fsp3) is 0.636. The molecule has 2 aliphatic carbocycles. The summed E-state index contributed by atoms with van der Waals surface area (Å²) in [7, 11) is 1.63. The lowest BCUT2D eigenvalue weighted by atomic mass is 9.68. The first-order valence-electron chi connectivity index (χ1n) is 10.2. The lowest BCUT2D eigenvalue weighted by Crippen LogP contribution is -2.43. The number of ether oxygens (including phenoxy) is 1. The molecular formula is C22H30N2O3. The van der Waals surface area contributed by atoms with E-state index in [0.717, 1.165) is 29.7 Å². The van der Waals surface area contributed by atoms with Gasteiger partial charge in [-0.2, -0.15) is 0 Å². The van der Waals surface area contributed by atoms with E-state index in [1.165, 1.54) is 39.0 Å². The SMILES string of the molecule is COc1ccc(C(CC(=O)N2CC3CC4CC(C3)CC2C4)NC(C)=O)cc1. The fourth-order valence-corrected chi connectivity index (χ4v) is 5.72. The van der Waals surface area contributed by atoms with Crippen molar-refractivity contribution in [3.8, 4) is 5.75 Å². The second kappa shape index (κ2) is 7.53. The Labute approximate surface area is 161 Å². The predicted molar refractivity (Wildman–Crippen MR) is 103 cm³/mol. The molecule has 2 heterocycles. The number of rotatable bonds is 5. The van der Waals surface area contributed by atoms with Crippen LogP contribution in [0.25, 0.3) is 0 Å². The highest BCUT2D eigenvalue weighted by molar-refractivity contribution is 5.79. The molecule has 146 valence electrons. The highest BCUT2D eigenvalue weighted by atomic mass is 16.5. The second-order valence-electron chi connectivity index (χ2n) is 8.71. The summed E-state index contributed by atoms with van der Waals surface area (Å²) < 4.78 is 5.22. The molecule has 2 aliphatic heterocycles. The zero-order valence-electron chi connectivity index (χ0n) is 16.3. The van der Waals surface area contributed by atoms with Crippen LogP contribution in [0, 0.1) is 17.8 Å². The van der Waals surface area contributed by atoms with E-state index in [1.54, 1.807) is 7.11 Å². The van der Waals surface area contributed by atoms with Gasteiger partial charge in [-0.05, 0) is 67.6 Å². The van der Waals surface area contributed by atoms with Gasteiger partial charge in [-0.15, -0.1) is 0 Å². The van der Waals surface area contributed by atoms with Crippen molar-refractivity contribution in [2.75, 3.05) is 13.7 Å². The summed E-state index contributed by atoms with van der Waals surface area (Å²) >= 11 is 0. The predicted octanol–water partition coefficient (Wildman–Crippen LogP) is 3.30. The first kappa shape index (κ1) is 18.3. The van der Waals surface area contributed by atoms with Gasteiger partial charge in [0.25, 0.3) is 0 Å². The van der Waals surface area contributed by atoms with E-state index >= 15 is 0 Å². The Balaban J connectivity index is 1.50. The molecule has 5 nitrogen and oxygen atoms in total. The normalized spacial score (nSPS) is 29.9. The van der Waals surface area contributed by atoms with Crippen LogP contribution in [0.2, 0.25) is 0 Å². The van der Waals surface area contributed by atoms with Crippen LogP contribution in [0.4, 0.5) is 0 Å². The van der Waals surface area contributed by atoms with Crippen molar-refractivity contribution < 1.29 is 14.3 Å². The number of fused-ring (bicyclic) bond motifs is 1. The Morgan fingerprint density at radius 1 is 1.07 bits per heavy atom. The highest BCUT2D eigenvalue weighted by Gasteiger charge is 2.44. The van der Waals surface area contributed by atoms with Gasteiger partial charge in [0.2, 0.25) is 11.8 Å². The molecule has 0 radical (unpaired) electrons. The molecule has 0 spiro atoms. The molecule has 1 aromatic carbocycles. The summed E-state index contributed by atoms with van der Waals surface area (Å²) in [6.45, 7) is 2.42. The van der Waals surface area contributed by atoms with Crippen LogP contribution in [0.15, 0.2) is 24.3 Å². The van der Waals surface area contributed by atoms with Gasteiger partial charge in [-0.25, -0.2) is 0 Å². The minimum atomic E-state index is -0.293. The van der Waals surface area contributed by atoms with Gasteiger partial charge in [0.1, 0.15) is 5.75 Å². The summed E-state index contributed by atoms with van der Waals surface area (Å²) in [4.78, 5) is 27.1. The topological polar surface area (TPSA) is 58.6 Å². The van der Waals surface area contributed by atoms with E-state index in [2.05, 4.69) is 10.2 Å². The van der Waals surface area contributed by atoms with Crippen molar-refractivity contribution in [1.29, 1.82) is 0 Å². The van der Waals surface area contributed by atoms with E-state index in [-0.39, 0.29) is 17.9 Å². The van der Waals surface area contributed by atoms with Gasteiger partial charge in [-0.3, -0.25) is 9.59 Å². The summed E-state index contributed by atoms with van der Waals surface area (Å²) in [5, 5.41) is 2.97. The Hall–Kier alpha value is -2.04. The maximum Gasteiger partial charge on any atom is 0.225 e. The van der Waals surface area contributed by atoms with Gasteiger partial charge < -0.3 is 15.0 Å². The molecule has 2 saturated heterocycles. The van der Waals surface area contributed by atoms with E-state index in [0.29, 0.717) is 18.4 Å². The van der Waals surface area contributed by atoms with E-state index in [4.69, 9.17) is 4.74 Å². The van der Waals surface area contributed by atoms with Crippen LogP contribution in [0.3, 0.4) is 0 Å². The van der Waals surface area contributed by atoms with Crippen LogP contribution in [0.5, 0.6) is 5.75 Å². The van der Waals surface area contributed by atoms with Crippen LogP contribution in [-0.2, 0) is 9.59 Å². The van der Waals surface area contributed by atoms with E-state index < -0.39 is 0 Å². The lowest BCUT2D eigenvalue weighted by molar-refractivity contribution is -0.134. The van der Waals surface area contributed by atoms with Crippen molar-refractivity contribution >= 4 is 11.8 Å². The van der Waals surface area contributed by atoms with Crippen LogP contribution in [-0.4, -0.2) is 36.4 Å². The molecule has 3 unspecified atom stereocenters. The third-order valence-corrected chi connectivity index (χ3v) is 6.70. The molecule has 5 rings (SSSR count). The zero-order chi connectivity index (χ0) is 19.0. The number of hydrogen-bond acceptors (Lipinski definition) is 3. The average Bonchev–Trinajstić information content (AvgIpc) is 2.84. The molecule has 4 bridgehead atoms.